The molecule has 1 heterocycles. The molecule has 0 unspecified atom stereocenters. The van der Waals surface area contributed by atoms with Crippen molar-refractivity contribution in [2.45, 2.75) is 4.90 Å². The molecular weight excluding hydrogens is 301 g/mol. The Labute approximate surface area is 120 Å². The van der Waals surface area contributed by atoms with Gasteiger partial charge in [-0.15, -0.1) is 0 Å². The summed E-state index contributed by atoms with van der Waals surface area (Å²) < 4.78 is 40.2. The number of benzene rings is 1. The first-order valence-electron chi connectivity index (χ1n) is 5.43. The summed E-state index contributed by atoms with van der Waals surface area (Å²) in [7, 11) is -3.88. The van der Waals surface area contributed by atoms with Crippen LogP contribution in [0, 0.1) is 5.82 Å². The Morgan fingerprint density at radius 3 is 2.65 bits per heavy atom. The van der Waals surface area contributed by atoms with Gasteiger partial charge in [-0.05, 0) is 24.3 Å². The zero-order valence-corrected chi connectivity index (χ0v) is 11.7. The Balaban J connectivity index is 2.46. The monoisotopic (exact) mass is 311 g/mol. The first kappa shape index (κ1) is 14.4. The van der Waals surface area contributed by atoms with Crippen molar-refractivity contribution in [3.05, 3.63) is 54.1 Å². The highest BCUT2D eigenvalue weighted by Gasteiger charge is 2.18. The lowest BCUT2D eigenvalue weighted by atomic mass is 10.2. The number of anilines is 1. The molecule has 0 bridgehead atoms. The lowest BCUT2D eigenvalue weighted by Crippen LogP contribution is -2.19. The minimum absolute atomic E-state index is 0.0126. The van der Waals surface area contributed by atoms with E-state index in [0.29, 0.717) is 0 Å². The van der Waals surface area contributed by atoms with Crippen LogP contribution < -0.4 is 10.5 Å². The number of nitrogens with two attached hydrogens (primary N) is 1. The fourth-order valence-electron chi connectivity index (χ4n) is 1.57. The average Bonchev–Trinajstić information content (AvgIpc) is 2.39. The van der Waals surface area contributed by atoms with Crippen molar-refractivity contribution in [3.63, 3.8) is 0 Å². The van der Waals surface area contributed by atoms with Crippen LogP contribution in [0.2, 0.25) is 0 Å². The Kier molecular flexibility index (Phi) is 3.96. The van der Waals surface area contributed by atoms with Crippen LogP contribution in [-0.2, 0) is 10.0 Å². The number of nitrogens with one attached hydrogen (secondary N) is 1. The molecule has 0 fully saturated rings. The van der Waals surface area contributed by atoms with Gasteiger partial charge in [0.1, 0.15) is 15.7 Å². The maximum Gasteiger partial charge on any atom is 0.263 e. The van der Waals surface area contributed by atoms with Crippen LogP contribution in [0.25, 0.3) is 0 Å². The molecule has 0 aliphatic rings. The van der Waals surface area contributed by atoms with Crippen molar-refractivity contribution in [2.75, 3.05) is 4.72 Å². The molecule has 0 atom stereocenters. The predicted octanol–water partition coefficient (Wildman–Crippen LogP) is 1.66. The second-order valence-electron chi connectivity index (χ2n) is 3.82. The van der Waals surface area contributed by atoms with E-state index in [1.807, 2.05) is 0 Å². The lowest BCUT2D eigenvalue weighted by molar-refractivity contribution is 0.600. The summed E-state index contributed by atoms with van der Waals surface area (Å²) in [6.45, 7) is 0. The van der Waals surface area contributed by atoms with E-state index >= 15 is 0 Å². The van der Waals surface area contributed by atoms with E-state index < -0.39 is 15.8 Å². The molecule has 1 aromatic carbocycles. The molecule has 0 spiro atoms. The number of pyridine rings is 1. The number of rotatable bonds is 4. The summed E-state index contributed by atoms with van der Waals surface area (Å²) in [4.78, 5) is 3.45. The maximum absolute atomic E-state index is 13.7. The minimum Gasteiger partial charge on any atom is -0.389 e. The molecule has 0 aliphatic heterocycles. The fraction of sp³-hybridized carbons (Fsp3) is 0. The van der Waals surface area contributed by atoms with E-state index in [0.717, 1.165) is 6.07 Å². The first-order chi connectivity index (χ1) is 9.42. The Bertz CT molecular complexity index is 749. The molecule has 2 rings (SSSR count). The zero-order chi connectivity index (χ0) is 14.8. The van der Waals surface area contributed by atoms with Crippen molar-refractivity contribution in [1.29, 1.82) is 0 Å². The molecule has 1 aromatic heterocycles. The molecule has 3 N–H and O–H groups in total. The molecule has 104 valence electrons. The third kappa shape index (κ3) is 2.91. The van der Waals surface area contributed by atoms with Gasteiger partial charge in [0.2, 0.25) is 0 Å². The third-order valence-electron chi connectivity index (χ3n) is 2.45. The second-order valence-corrected chi connectivity index (χ2v) is 5.94. The zero-order valence-electron chi connectivity index (χ0n) is 10.1. The minimum atomic E-state index is -3.88. The molecular formula is C12H10FN3O2S2. The van der Waals surface area contributed by atoms with E-state index in [-0.39, 0.29) is 21.1 Å². The van der Waals surface area contributed by atoms with Gasteiger partial charge >= 0.3 is 0 Å². The van der Waals surface area contributed by atoms with Crippen molar-refractivity contribution in [2.24, 2.45) is 5.73 Å². The van der Waals surface area contributed by atoms with Crippen molar-refractivity contribution in [1.82, 2.24) is 4.98 Å². The number of thiocarbonyl (C=S) groups is 1. The molecule has 0 saturated carbocycles. The van der Waals surface area contributed by atoms with Crippen LogP contribution in [0.3, 0.4) is 0 Å². The highest BCUT2D eigenvalue weighted by molar-refractivity contribution is 7.92. The summed E-state index contributed by atoms with van der Waals surface area (Å²) in [5.41, 5.74) is 5.26. The molecule has 8 heteroatoms. The molecule has 0 amide bonds. The van der Waals surface area contributed by atoms with Crippen molar-refractivity contribution in [3.8, 4) is 0 Å². The molecule has 0 radical (unpaired) electrons. The maximum atomic E-state index is 13.7. The van der Waals surface area contributed by atoms with Crippen LogP contribution in [0.15, 0.2) is 47.6 Å². The van der Waals surface area contributed by atoms with E-state index in [4.69, 9.17) is 18.0 Å². The van der Waals surface area contributed by atoms with E-state index in [1.54, 1.807) is 0 Å². The number of hydrogen-bond acceptors (Lipinski definition) is 4. The molecule has 20 heavy (non-hydrogen) atoms. The van der Waals surface area contributed by atoms with Crippen LogP contribution in [-0.4, -0.2) is 18.4 Å². The number of sulfonamides is 1. The van der Waals surface area contributed by atoms with Crippen LogP contribution in [0.5, 0.6) is 0 Å². The van der Waals surface area contributed by atoms with Crippen LogP contribution in [0.4, 0.5) is 10.1 Å². The van der Waals surface area contributed by atoms with Gasteiger partial charge in [-0.3, -0.25) is 9.71 Å². The quantitative estimate of drug-likeness (QED) is 0.839. The number of halogens is 1. The van der Waals surface area contributed by atoms with Crippen molar-refractivity contribution < 1.29 is 12.8 Å². The van der Waals surface area contributed by atoms with Gasteiger partial charge < -0.3 is 5.73 Å². The van der Waals surface area contributed by atoms with E-state index in [2.05, 4.69) is 9.71 Å². The van der Waals surface area contributed by atoms with E-state index in [1.165, 1.54) is 36.7 Å². The molecule has 0 aliphatic carbocycles. The van der Waals surface area contributed by atoms with Gasteiger partial charge in [-0.1, -0.05) is 18.3 Å². The van der Waals surface area contributed by atoms with Gasteiger partial charge in [0.25, 0.3) is 10.0 Å². The Morgan fingerprint density at radius 2 is 2.05 bits per heavy atom. The Hall–Kier alpha value is -2.06. The third-order valence-corrected chi connectivity index (χ3v) is 4.00. The SMILES string of the molecule is NC(=S)c1c(F)cccc1NS(=O)(=O)c1cccnc1. The van der Waals surface area contributed by atoms with Gasteiger partial charge in [0.05, 0.1) is 11.3 Å². The first-order valence-corrected chi connectivity index (χ1v) is 7.32. The summed E-state index contributed by atoms with van der Waals surface area (Å²) in [6, 6.07) is 6.74. The summed E-state index contributed by atoms with van der Waals surface area (Å²) >= 11 is 4.73. The largest absolute Gasteiger partial charge is 0.389 e. The number of aromatic nitrogens is 1. The number of nitrogens with zero attached hydrogens (tertiary/aromatic N) is 1. The smallest absolute Gasteiger partial charge is 0.263 e. The summed E-state index contributed by atoms with van der Waals surface area (Å²) in [5.74, 6) is -0.691. The lowest BCUT2D eigenvalue weighted by Gasteiger charge is -2.12. The van der Waals surface area contributed by atoms with Crippen molar-refractivity contribution >= 4 is 32.9 Å². The molecule has 5 nitrogen and oxygen atoms in total. The van der Waals surface area contributed by atoms with Gasteiger partial charge in [0, 0.05) is 12.4 Å². The van der Waals surface area contributed by atoms with Gasteiger partial charge in [0.15, 0.2) is 0 Å². The highest BCUT2D eigenvalue weighted by Crippen LogP contribution is 2.22. The normalized spacial score (nSPS) is 11.1. The summed E-state index contributed by atoms with van der Waals surface area (Å²) in [6.07, 6.45) is 2.63. The average molecular weight is 311 g/mol. The van der Waals surface area contributed by atoms with Crippen LogP contribution in [0.1, 0.15) is 5.56 Å². The van der Waals surface area contributed by atoms with Crippen LogP contribution >= 0.6 is 12.2 Å². The predicted molar refractivity (Wildman–Crippen MR) is 77.3 cm³/mol. The molecule has 0 saturated heterocycles. The number of hydrogen-bond donors (Lipinski definition) is 2. The summed E-state index contributed by atoms with van der Waals surface area (Å²) in [5, 5.41) is 0. The highest BCUT2D eigenvalue weighted by atomic mass is 32.2. The molecule has 2 aromatic rings. The fourth-order valence-corrected chi connectivity index (χ4v) is 2.81. The Morgan fingerprint density at radius 1 is 1.30 bits per heavy atom. The second kappa shape index (κ2) is 5.51. The van der Waals surface area contributed by atoms with Gasteiger partial charge in [-0.25, -0.2) is 12.8 Å². The van der Waals surface area contributed by atoms with E-state index in [9.17, 15) is 12.8 Å². The standard InChI is InChI=1S/C12H10FN3O2S2/c13-9-4-1-5-10(11(9)12(14)19)16-20(17,18)8-3-2-6-15-7-8/h1-7,16H,(H2,14,19). The topological polar surface area (TPSA) is 85.1 Å². The van der Waals surface area contributed by atoms with Gasteiger partial charge in [-0.2, -0.15) is 0 Å².